The fourth-order valence-electron chi connectivity index (χ4n) is 3.18. The standard InChI is InChI=1S/C24H22ClN3O5/c1-3-33-22-12-20(28-24(31)32)19(11-18(22)25)27-23(30)13-21(29)17-6-4-5-15(10-17)16-7-8-26-14(2)9-16/h4-12,28H,3,13H2,1-2H3,(H,27,30)(H,31,32). The first-order valence-corrected chi connectivity index (χ1v) is 10.5. The minimum atomic E-state index is -1.32. The van der Waals surface area contributed by atoms with E-state index in [0.29, 0.717) is 12.2 Å². The smallest absolute Gasteiger partial charge is 0.409 e. The molecule has 33 heavy (non-hydrogen) atoms. The van der Waals surface area contributed by atoms with Crippen LogP contribution in [0.5, 0.6) is 5.75 Å². The molecule has 3 rings (SSSR count). The molecule has 1 aromatic heterocycles. The van der Waals surface area contributed by atoms with Gasteiger partial charge in [0, 0.05) is 23.5 Å². The molecule has 0 spiro atoms. The molecule has 0 unspecified atom stereocenters. The van der Waals surface area contributed by atoms with Gasteiger partial charge in [-0.3, -0.25) is 19.9 Å². The summed E-state index contributed by atoms with van der Waals surface area (Å²) in [6, 6.07) is 13.5. The van der Waals surface area contributed by atoms with Crippen molar-refractivity contribution in [3.63, 3.8) is 0 Å². The number of ether oxygens (including phenoxy) is 1. The van der Waals surface area contributed by atoms with Gasteiger partial charge < -0.3 is 15.2 Å². The van der Waals surface area contributed by atoms with Crippen LogP contribution in [0.15, 0.2) is 54.7 Å². The van der Waals surface area contributed by atoms with E-state index in [1.54, 1.807) is 31.3 Å². The average Bonchev–Trinajstić information content (AvgIpc) is 2.76. The molecule has 1 heterocycles. The summed E-state index contributed by atoms with van der Waals surface area (Å²) in [6.45, 7) is 3.96. The van der Waals surface area contributed by atoms with E-state index in [1.807, 2.05) is 25.1 Å². The van der Waals surface area contributed by atoms with Crippen LogP contribution in [0.1, 0.15) is 29.4 Å². The zero-order valence-electron chi connectivity index (χ0n) is 18.0. The predicted molar refractivity (Wildman–Crippen MR) is 126 cm³/mol. The molecule has 0 aliphatic rings. The molecule has 0 aliphatic carbocycles. The van der Waals surface area contributed by atoms with Gasteiger partial charge in [0.2, 0.25) is 5.91 Å². The highest BCUT2D eigenvalue weighted by Gasteiger charge is 2.17. The van der Waals surface area contributed by atoms with Crippen LogP contribution in [0.2, 0.25) is 5.02 Å². The molecule has 0 saturated carbocycles. The Morgan fingerprint density at radius 2 is 1.76 bits per heavy atom. The Morgan fingerprint density at radius 3 is 2.45 bits per heavy atom. The van der Waals surface area contributed by atoms with Crippen LogP contribution < -0.4 is 15.4 Å². The van der Waals surface area contributed by atoms with Gasteiger partial charge in [-0.1, -0.05) is 29.8 Å². The van der Waals surface area contributed by atoms with E-state index >= 15 is 0 Å². The molecule has 0 saturated heterocycles. The van der Waals surface area contributed by atoms with E-state index in [4.69, 9.17) is 21.4 Å². The first-order valence-electron chi connectivity index (χ1n) is 10.1. The second-order valence-electron chi connectivity index (χ2n) is 7.11. The summed E-state index contributed by atoms with van der Waals surface area (Å²) >= 11 is 6.17. The second-order valence-corrected chi connectivity index (χ2v) is 7.51. The van der Waals surface area contributed by atoms with Crippen LogP contribution in [-0.4, -0.2) is 34.5 Å². The molecule has 9 heteroatoms. The van der Waals surface area contributed by atoms with Crippen LogP contribution in [0.4, 0.5) is 16.2 Å². The number of anilines is 2. The summed E-state index contributed by atoms with van der Waals surface area (Å²) < 4.78 is 5.36. The number of hydrogen-bond acceptors (Lipinski definition) is 5. The molecular weight excluding hydrogens is 446 g/mol. The number of hydrogen-bond donors (Lipinski definition) is 3. The summed E-state index contributed by atoms with van der Waals surface area (Å²) in [7, 11) is 0. The van der Waals surface area contributed by atoms with Gasteiger partial charge in [0.1, 0.15) is 5.75 Å². The van der Waals surface area contributed by atoms with E-state index in [2.05, 4.69) is 15.6 Å². The quantitative estimate of drug-likeness (QED) is 0.301. The van der Waals surface area contributed by atoms with E-state index in [1.165, 1.54) is 12.1 Å². The second kappa shape index (κ2) is 10.6. The lowest BCUT2D eigenvalue weighted by atomic mass is 10.0. The molecule has 0 aliphatic heterocycles. The first-order chi connectivity index (χ1) is 15.8. The van der Waals surface area contributed by atoms with Crippen molar-refractivity contribution < 1.29 is 24.2 Å². The van der Waals surface area contributed by atoms with E-state index in [0.717, 1.165) is 16.8 Å². The van der Waals surface area contributed by atoms with Crippen LogP contribution in [-0.2, 0) is 4.79 Å². The SMILES string of the molecule is CCOc1cc(NC(=O)O)c(NC(=O)CC(=O)c2cccc(-c3ccnc(C)c3)c2)cc1Cl. The lowest BCUT2D eigenvalue weighted by Crippen LogP contribution is -2.18. The third-order valence-corrected chi connectivity index (χ3v) is 4.92. The van der Waals surface area contributed by atoms with Crippen LogP contribution in [0.25, 0.3) is 11.1 Å². The molecule has 2 amide bonds. The monoisotopic (exact) mass is 467 g/mol. The number of pyridine rings is 1. The topological polar surface area (TPSA) is 118 Å². The van der Waals surface area contributed by atoms with Crippen molar-refractivity contribution in [1.82, 2.24) is 4.98 Å². The van der Waals surface area contributed by atoms with Gasteiger partial charge in [0.15, 0.2) is 5.78 Å². The lowest BCUT2D eigenvalue weighted by Gasteiger charge is -2.14. The van der Waals surface area contributed by atoms with Crippen molar-refractivity contribution in [2.24, 2.45) is 0 Å². The number of rotatable bonds is 8. The Labute approximate surface area is 195 Å². The van der Waals surface area contributed by atoms with Gasteiger partial charge in [-0.05, 0) is 49.2 Å². The van der Waals surface area contributed by atoms with Crippen molar-refractivity contribution in [1.29, 1.82) is 0 Å². The van der Waals surface area contributed by atoms with Crippen LogP contribution >= 0.6 is 11.6 Å². The molecule has 3 aromatic rings. The fourth-order valence-corrected chi connectivity index (χ4v) is 3.40. The van der Waals surface area contributed by atoms with E-state index < -0.39 is 18.4 Å². The number of halogens is 1. The fraction of sp³-hybridized carbons (Fsp3) is 0.167. The van der Waals surface area contributed by atoms with Crippen molar-refractivity contribution >= 4 is 40.8 Å². The highest BCUT2D eigenvalue weighted by atomic mass is 35.5. The van der Waals surface area contributed by atoms with Crippen LogP contribution in [0.3, 0.4) is 0 Å². The molecule has 2 aromatic carbocycles. The number of nitrogens with zero attached hydrogens (tertiary/aromatic N) is 1. The Balaban J connectivity index is 1.77. The molecule has 0 radical (unpaired) electrons. The summed E-state index contributed by atoms with van der Waals surface area (Å²) in [5.41, 5.74) is 3.16. The molecule has 0 fully saturated rings. The van der Waals surface area contributed by atoms with Gasteiger partial charge in [0.25, 0.3) is 0 Å². The molecule has 0 atom stereocenters. The lowest BCUT2D eigenvalue weighted by molar-refractivity contribution is -0.115. The number of aromatic nitrogens is 1. The molecule has 170 valence electrons. The van der Waals surface area contributed by atoms with Crippen molar-refractivity contribution in [3.05, 3.63) is 71.0 Å². The molecular formula is C24H22ClN3O5. The third-order valence-electron chi connectivity index (χ3n) is 4.62. The minimum absolute atomic E-state index is 0.0752. The predicted octanol–water partition coefficient (Wildman–Crippen LogP) is 5.41. The number of carbonyl (C=O) groups is 3. The third kappa shape index (κ3) is 6.30. The Morgan fingerprint density at radius 1 is 1.03 bits per heavy atom. The zero-order valence-corrected chi connectivity index (χ0v) is 18.8. The summed E-state index contributed by atoms with van der Waals surface area (Å²) in [5, 5.41) is 14.0. The molecule has 0 bridgehead atoms. The van der Waals surface area contributed by atoms with Gasteiger partial charge in [-0.2, -0.15) is 0 Å². The average molecular weight is 468 g/mol. The van der Waals surface area contributed by atoms with Crippen LogP contribution in [0, 0.1) is 6.92 Å². The Kier molecular flexibility index (Phi) is 7.63. The first kappa shape index (κ1) is 23.7. The number of amides is 2. The van der Waals surface area contributed by atoms with E-state index in [-0.39, 0.29) is 27.9 Å². The zero-order chi connectivity index (χ0) is 24.0. The molecule has 3 N–H and O–H groups in total. The van der Waals surface area contributed by atoms with Crippen molar-refractivity contribution in [2.75, 3.05) is 17.2 Å². The number of nitrogens with one attached hydrogen (secondary N) is 2. The van der Waals surface area contributed by atoms with E-state index in [9.17, 15) is 14.4 Å². The normalized spacial score (nSPS) is 10.4. The maximum Gasteiger partial charge on any atom is 0.409 e. The number of benzene rings is 2. The largest absolute Gasteiger partial charge is 0.492 e. The van der Waals surface area contributed by atoms with Crippen molar-refractivity contribution in [2.45, 2.75) is 20.3 Å². The number of carboxylic acid groups (broad SMARTS) is 1. The number of aryl methyl sites for hydroxylation is 1. The number of Topliss-reactive ketones (excluding diaryl/α,β-unsaturated/α-hetero) is 1. The van der Waals surface area contributed by atoms with Gasteiger partial charge >= 0.3 is 6.09 Å². The molecule has 8 nitrogen and oxygen atoms in total. The van der Waals surface area contributed by atoms with Gasteiger partial charge in [-0.25, -0.2) is 4.79 Å². The number of carbonyl (C=O) groups excluding carboxylic acids is 2. The maximum atomic E-state index is 12.7. The number of ketones is 1. The summed E-state index contributed by atoms with van der Waals surface area (Å²) in [5.74, 6) is -0.733. The van der Waals surface area contributed by atoms with Gasteiger partial charge in [0.05, 0.1) is 29.4 Å². The summed E-state index contributed by atoms with van der Waals surface area (Å²) in [4.78, 5) is 40.6. The Hall–Kier alpha value is -3.91. The highest BCUT2D eigenvalue weighted by molar-refractivity contribution is 6.32. The minimum Gasteiger partial charge on any atom is -0.492 e. The summed E-state index contributed by atoms with van der Waals surface area (Å²) in [6.07, 6.45) is -0.0671. The van der Waals surface area contributed by atoms with Crippen molar-refractivity contribution in [3.8, 4) is 16.9 Å². The Bertz CT molecular complexity index is 1210. The van der Waals surface area contributed by atoms with Gasteiger partial charge in [-0.15, -0.1) is 0 Å². The maximum absolute atomic E-state index is 12.7. The highest BCUT2D eigenvalue weighted by Crippen LogP contribution is 2.35.